The number of nitrogens with one attached hydrogen (secondary N) is 2. The standard InChI is InChI=1S/C18H20N2O/c1-12-7-5-8-14-15(12)10-19-11-16(14)18(21)20-17-9-4-3-6-13(17)2/h3-9,16,19H,10-11H2,1-2H3,(H,20,21). The van der Waals surface area contributed by atoms with Crippen LogP contribution >= 0.6 is 0 Å². The lowest BCUT2D eigenvalue weighted by Crippen LogP contribution is -2.36. The summed E-state index contributed by atoms with van der Waals surface area (Å²) in [6.07, 6.45) is 0. The molecule has 1 unspecified atom stereocenters. The van der Waals surface area contributed by atoms with Crippen molar-refractivity contribution in [3.63, 3.8) is 0 Å². The first kappa shape index (κ1) is 13.8. The van der Waals surface area contributed by atoms with Crippen molar-refractivity contribution in [2.24, 2.45) is 0 Å². The molecule has 108 valence electrons. The Labute approximate surface area is 125 Å². The molecule has 0 aliphatic carbocycles. The van der Waals surface area contributed by atoms with E-state index in [0.717, 1.165) is 23.4 Å². The molecule has 2 aromatic carbocycles. The zero-order chi connectivity index (χ0) is 14.8. The first-order valence-corrected chi connectivity index (χ1v) is 7.32. The first-order valence-electron chi connectivity index (χ1n) is 7.32. The van der Waals surface area contributed by atoms with Crippen LogP contribution in [0.3, 0.4) is 0 Å². The number of carbonyl (C=O) groups is 1. The van der Waals surface area contributed by atoms with Crippen molar-refractivity contribution in [2.75, 3.05) is 11.9 Å². The Balaban J connectivity index is 1.87. The molecule has 21 heavy (non-hydrogen) atoms. The fraction of sp³-hybridized carbons (Fsp3) is 0.278. The summed E-state index contributed by atoms with van der Waals surface area (Å²) in [5, 5.41) is 6.41. The van der Waals surface area contributed by atoms with Gasteiger partial charge in [-0.1, -0.05) is 36.4 Å². The molecule has 1 aliphatic heterocycles. The number of benzene rings is 2. The van der Waals surface area contributed by atoms with Gasteiger partial charge >= 0.3 is 0 Å². The van der Waals surface area contributed by atoms with Gasteiger partial charge in [0.2, 0.25) is 5.91 Å². The maximum atomic E-state index is 12.6. The average molecular weight is 280 g/mol. The van der Waals surface area contributed by atoms with Crippen LogP contribution in [0.1, 0.15) is 28.2 Å². The SMILES string of the molecule is Cc1ccccc1NC(=O)C1CNCc2c(C)cccc21. The van der Waals surface area contributed by atoms with Gasteiger partial charge in [0.25, 0.3) is 0 Å². The molecule has 2 N–H and O–H groups in total. The van der Waals surface area contributed by atoms with Crippen LogP contribution in [-0.2, 0) is 11.3 Å². The molecule has 0 fully saturated rings. The second kappa shape index (κ2) is 5.70. The van der Waals surface area contributed by atoms with Crippen LogP contribution < -0.4 is 10.6 Å². The third kappa shape index (κ3) is 2.69. The van der Waals surface area contributed by atoms with E-state index in [1.54, 1.807) is 0 Å². The van der Waals surface area contributed by atoms with Crippen LogP contribution in [0.4, 0.5) is 5.69 Å². The minimum atomic E-state index is -0.131. The van der Waals surface area contributed by atoms with Gasteiger partial charge < -0.3 is 10.6 Å². The molecular formula is C18H20N2O. The zero-order valence-electron chi connectivity index (χ0n) is 12.4. The van der Waals surface area contributed by atoms with E-state index in [-0.39, 0.29) is 11.8 Å². The highest BCUT2D eigenvalue weighted by Gasteiger charge is 2.27. The molecule has 0 aromatic heterocycles. The van der Waals surface area contributed by atoms with Gasteiger partial charge in [-0.3, -0.25) is 4.79 Å². The Morgan fingerprint density at radius 2 is 1.86 bits per heavy atom. The fourth-order valence-corrected chi connectivity index (χ4v) is 2.91. The number of aryl methyl sites for hydroxylation is 2. The summed E-state index contributed by atoms with van der Waals surface area (Å²) in [6, 6.07) is 14.1. The lowest BCUT2D eigenvalue weighted by molar-refractivity contribution is -0.117. The molecule has 1 heterocycles. The average Bonchev–Trinajstić information content (AvgIpc) is 2.49. The van der Waals surface area contributed by atoms with Crippen LogP contribution in [0.15, 0.2) is 42.5 Å². The molecule has 3 heteroatoms. The highest BCUT2D eigenvalue weighted by atomic mass is 16.1. The molecule has 3 nitrogen and oxygen atoms in total. The molecular weight excluding hydrogens is 260 g/mol. The summed E-state index contributed by atoms with van der Waals surface area (Å²) in [4.78, 5) is 12.6. The lowest BCUT2D eigenvalue weighted by atomic mass is 9.87. The number of hydrogen-bond donors (Lipinski definition) is 2. The monoisotopic (exact) mass is 280 g/mol. The Kier molecular flexibility index (Phi) is 3.76. The van der Waals surface area contributed by atoms with Gasteiger partial charge in [0, 0.05) is 18.8 Å². The van der Waals surface area contributed by atoms with Crippen LogP contribution in [0.2, 0.25) is 0 Å². The molecule has 1 amide bonds. The summed E-state index contributed by atoms with van der Waals surface area (Å²) in [6.45, 7) is 5.64. The highest BCUT2D eigenvalue weighted by molar-refractivity contribution is 5.97. The molecule has 0 spiro atoms. The summed E-state index contributed by atoms with van der Waals surface area (Å²) >= 11 is 0. The third-order valence-corrected chi connectivity index (χ3v) is 4.19. The van der Waals surface area contributed by atoms with Gasteiger partial charge in [-0.25, -0.2) is 0 Å². The van der Waals surface area contributed by atoms with Crippen molar-refractivity contribution < 1.29 is 4.79 Å². The number of para-hydroxylation sites is 1. The van der Waals surface area contributed by atoms with E-state index in [1.165, 1.54) is 11.1 Å². The van der Waals surface area contributed by atoms with Gasteiger partial charge in [0.1, 0.15) is 0 Å². The molecule has 0 bridgehead atoms. The quantitative estimate of drug-likeness (QED) is 0.887. The van der Waals surface area contributed by atoms with E-state index in [0.29, 0.717) is 6.54 Å². The normalized spacial score (nSPS) is 17.1. The summed E-state index contributed by atoms with van der Waals surface area (Å²) < 4.78 is 0. The van der Waals surface area contributed by atoms with Gasteiger partial charge in [0.05, 0.1) is 5.92 Å². The topological polar surface area (TPSA) is 41.1 Å². The molecule has 0 radical (unpaired) electrons. The van der Waals surface area contributed by atoms with E-state index in [9.17, 15) is 4.79 Å². The van der Waals surface area contributed by atoms with Crippen molar-refractivity contribution in [2.45, 2.75) is 26.3 Å². The number of carbonyl (C=O) groups excluding carboxylic acids is 1. The van der Waals surface area contributed by atoms with Crippen LogP contribution in [0.25, 0.3) is 0 Å². The summed E-state index contributed by atoms with van der Waals surface area (Å²) in [7, 11) is 0. The molecule has 3 rings (SSSR count). The van der Waals surface area contributed by atoms with Gasteiger partial charge in [-0.05, 0) is 42.2 Å². The van der Waals surface area contributed by atoms with Crippen LogP contribution in [0.5, 0.6) is 0 Å². The van der Waals surface area contributed by atoms with E-state index >= 15 is 0 Å². The maximum Gasteiger partial charge on any atom is 0.233 e. The third-order valence-electron chi connectivity index (χ3n) is 4.19. The van der Waals surface area contributed by atoms with E-state index in [2.05, 4.69) is 29.7 Å². The van der Waals surface area contributed by atoms with Crippen molar-refractivity contribution in [3.05, 3.63) is 64.7 Å². The number of anilines is 1. The van der Waals surface area contributed by atoms with Crippen LogP contribution in [-0.4, -0.2) is 12.5 Å². The van der Waals surface area contributed by atoms with Crippen molar-refractivity contribution in [1.82, 2.24) is 5.32 Å². The van der Waals surface area contributed by atoms with Gasteiger partial charge in [-0.2, -0.15) is 0 Å². The fourth-order valence-electron chi connectivity index (χ4n) is 2.91. The first-order chi connectivity index (χ1) is 10.2. The van der Waals surface area contributed by atoms with E-state index < -0.39 is 0 Å². The Bertz CT molecular complexity index is 679. The molecule has 0 saturated heterocycles. The predicted octanol–water partition coefficient (Wildman–Crippen LogP) is 3.13. The van der Waals surface area contributed by atoms with Crippen molar-refractivity contribution >= 4 is 11.6 Å². The Hall–Kier alpha value is -2.13. The van der Waals surface area contributed by atoms with Crippen LogP contribution in [0, 0.1) is 13.8 Å². The number of hydrogen-bond acceptors (Lipinski definition) is 2. The lowest BCUT2D eigenvalue weighted by Gasteiger charge is -2.27. The predicted molar refractivity (Wildman–Crippen MR) is 85.4 cm³/mol. The van der Waals surface area contributed by atoms with E-state index in [4.69, 9.17) is 0 Å². The highest BCUT2D eigenvalue weighted by Crippen LogP contribution is 2.27. The summed E-state index contributed by atoms with van der Waals surface area (Å²) in [5.41, 5.74) is 5.63. The minimum absolute atomic E-state index is 0.0587. The van der Waals surface area contributed by atoms with E-state index in [1.807, 2.05) is 37.3 Å². The zero-order valence-corrected chi connectivity index (χ0v) is 12.4. The molecule has 1 aliphatic rings. The molecule has 2 aromatic rings. The second-order valence-electron chi connectivity index (χ2n) is 5.63. The number of amides is 1. The Morgan fingerprint density at radius 1 is 1.10 bits per heavy atom. The smallest absolute Gasteiger partial charge is 0.233 e. The van der Waals surface area contributed by atoms with Crippen molar-refractivity contribution in [1.29, 1.82) is 0 Å². The second-order valence-corrected chi connectivity index (χ2v) is 5.63. The summed E-state index contributed by atoms with van der Waals surface area (Å²) in [5.74, 6) is -0.0726. The number of fused-ring (bicyclic) bond motifs is 1. The maximum absolute atomic E-state index is 12.6. The van der Waals surface area contributed by atoms with Gasteiger partial charge in [-0.15, -0.1) is 0 Å². The molecule has 0 saturated carbocycles. The number of rotatable bonds is 2. The minimum Gasteiger partial charge on any atom is -0.325 e. The Morgan fingerprint density at radius 3 is 2.67 bits per heavy atom. The van der Waals surface area contributed by atoms with Crippen molar-refractivity contribution in [3.8, 4) is 0 Å². The molecule has 1 atom stereocenters. The van der Waals surface area contributed by atoms with Gasteiger partial charge in [0.15, 0.2) is 0 Å². The largest absolute Gasteiger partial charge is 0.325 e.